The highest BCUT2D eigenvalue weighted by Gasteiger charge is 2.20. The molecule has 0 aliphatic carbocycles. The van der Waals surface area contributed by atoms with Crippen LogP contribution in [0, 0.1) is 5.92 Å². The quantitative estimate of drug-likeness (QED) is 0.337. The van der Waals surface area contributed by atoms with Crippen molar-refractivity contribution in [1.29, 1.82) is 0 Å². The van der Waals surface area contributed by atoms with Gasteiger partial charge in [-0.3, -0.25) is 9.79 Å². The molecule has 0 aromatic heterocycles. The zero-order valence-electron chi connectivity index (χ0n) is 10.9. The third kappa shape index (κ3) is 6.23. The number of halogens is 1. The van der Waals surface area contributed by atoms with Gasteiger partial charge in [0.25, 0.3) is 0 Å². The minimum absolute atomic E-state index is 0. The van der Waals surface area contributed by atoms with Crippen LogP contribution in [0.2, 0.25) is 0 Å². The lowest BCUT2D eigenvalue weighted by Crippen LogP contribution is -2.38. The number of nitrogens with two attached hydrogens (primary N) is 1. The summed E-state index contributed by atoms with van der Waals surface area (Å²) in [6.45, 7) is 8.28. The van der Waals surface area contributed by atoms with Crippen LogP contribution < -0.4 is 11.1 Å². The molecule has 0 atom stereocenters. The standard InChI is InChI=1S/C12H22N4O.HI/c1-3-6-14-12(13)15-9-11-4-7-16(8-5-11)10(2)17;/h3,11H,1,4-9H2,2H3,(H3,13,14,15);1H. The number of nitrogens with zero attached hydrogens (tertiary/aromatic N) is 2. The lowest BCUT2D eigenvalue weighted by molar-refractivity contribution is -0.130. The largest absolute Gasteiger partial charge is 0.370 e. The second-order valence-corrected chi connectivity index (χ2v) is 4.34. The molecule has 0 aromatic carbocycles. The Morgan fingerprint density at radius 2 is 2.17 bits per heavy atom. The Balaban J connectivity index is 0.00000289. The van der Waals surface area contributed by atoms with E-state index >= 15 is 0 Å². The first-order valence-corrected chi connectivity index (χ1v) is 6.03. The molecule has 1 aliphatic rings. The monoisotopic (exact) mass is 366 g/mol. The Morgan fingerprint density at radius 3 is 2.67 bits per heavy atom. The van der Waals surface area contributed by atoms with E-state index in [1.807, 2.05) is 4.90 Å². The summed E-state index contributed by atoms with van der Waals surface area (Å²) < 4.78 is 0. The first kappa shape index (κ1) is 17.2. The highest BCUT2D eigenvalue weighted by molar-refractivity contribution is 14.0. The van der Waals surface area contributed by atoms with Crippen molar-refractivity contribution >= 4 is 35.8 Å². The van der Waals surface area contributed by atoms with E-state index in [9.17, 15) is 4.79 Å². The Labute approximate surface area is 126 Å². The Hall–Kier alpha value is -0.790. The highest BCUT2D eigenvalue weighted by Crippen LogP contribution is 2.17. The van der Waals surface area contributed by atoms with Gasteiger partial charge in [-0.05, 0) is 18.8 Å². The van der Waals surface area contributed by atoms with Gasteiger partial charge in [-0.25, -0.2) is 0 Å². The maximum Gasteiger partial charge on any atom is 0.219 e. The van der Waals surface area contributed by atoms with Gasteiger partial charge in [0.05, 0.1) is 0 Å². The average molecular weight is 366 g/mol. The van der Waals surface area contributed by atoms with Gasteiger partial charge in [0.2, 0.25) is 5.91 Å². The van der Waals surface area contributed by atoms with Crippen LogP contribution in [0.25, 0.3) is 0 Å². The zero-order valence-corrected chi connectivity index (χ0v) is 13.2. The molecule has 0 spiro atoms. The summed E-state index contributed by atoms with van der Waals surface area (Å²) in [4.78, 5) is 17.3. The summed E-state index contributed by atoms with van der Waals surface area (Å²) in [6.07, 6.45) is 3.77. The molecule has 1 amide bonds. The number of nitrogens with one attached hydrogen (secondary N) is 1. The number of hydrogen-bond donors (Lipinski definition) is 2. The summed E-state index contributed by atoms with van der Waals surface area (Å²) >= 11 is 0. The second kappa shape index (κ2) is 9.18. The lowest BCUT2D eigenvalue weighted by atomic mass is 9.97. The summed E-state index contributed by atoms with van der Waals surface area (Å²) in [5.74, 6) is 1.17. The van der Waals surface area contributed by atoms with Crippen LogP contribution in [0.5, 0.6) is 0 Å². The van der Waals surface area contributed by atoms with E-state index in [1.54, 1.807) is 13.0 Å². The third-order valence-electron chi connectivity index (χ3n) is 3.01. The topological polar surface area (TPSA) is 70.7 Å². The zero-order chi connectivity index (χ0) is 12.7. The van der Waals surface area contributed by atoms with Crippen molar-refractivity contribution in [2.45, 2.75) is 19.8 Å². The molecule has 3 N–H and O–H groups in total. The third-order valence-corrected chi connectivity index (χ3v) is 3.01. The van der Waals surface area contributed by atoms with Gasteiger partial charge in [-0.2, -0.15) is 0 Å². The predicted molar refractivity (Wildman–Crippen MR) is 85.1 cm³/mol. The fourth-order valence-corrected chi connectivity index (χ4v) is 1.89. The van der Waals surface area contributed by atoms with E-state index in [1.165, 1.54) is 0 Å². The molecule has 0 aromatic rings. The Morgan fingerprint density at radius 1 is 1.56 bits per heavy atom. The smallest absolute Gasteiger partial charge is 0.219 e. The van der Waals surface area contributed by atoms with Crippen LogP contribution in [0.4, 0.5) is 0 Å². The molecule has 0 saturated carbocycles. The highest BCUT2D eigenvalue weighted by atomic mass is 127. The summed E-state index contributed by atoms with van der Waals surface area (Å²) in [5, 5.41) is 2.94. The van der Waals surface area contributed by atoms with Crippen molar-refractivity contribution in [3.63, 3.8) is 0 Å². The number of carbonyl (C=O) groups excluding carboxylic acids is 1. The minimum Gasteiger partial charge on any atom is -0.370 e. The van der Waals surface area contributed by atoms with Crippen LogP contribution in [-0.2, 0) is 4.79 Å². The fourth-order valence-electron chi connectivity index (χ4n) is 1.89. The second-order valence-electron chi connectivity index (χ2n) is 4.34. The molecule has 0 unspecified atom stereocenters. The van der Waals surface area contributed by atoms with E-state index < -0.39 is 0 Å². The Bertz CT molecular complexity index is 298. The summed E-state index contributed by atoms with van der Waals surface area (Å²) in [7, 11) is 0. The number of guanidine groups is 1. The van der Waals surface area contributed by atoms with E-state index in [-0.39, 0.29) is 29.9 Å². The van der Waals surface area contributed by atoms with Crippen LogP contribution in [-0.4, -0.2) is 42.9 Å². The number of aliphatic imine (C=N–C) groups is 1. The molecular weight excluding hydrogens is 343 g/mol. The Kier molecular flexibility index (Phi) is 8.78. The van der Waals surface area contributed by atoms with Gasteiger partial charge in [0, 0.05) is 33.1 Å². The van der Waals surface area contributed by atoms with Crippen molar-refractivity contribution in [1.82, 2.24) is 10.2 Å². The van der Waals surface area contributed by atoms with Gasteiger partial charge in [-0.1, -0.05) is 6.08 Å². The van der Waals surface area contributed by atoms with Crippen LogP contribution in [0.1, 0.15) is 19.8 Å². The van der Waals surface area contributed by atoms with Crippen molar-refractivity contribution < 1.29 is 4.79 Å². The molecule has 1 rings (SSSR count). The van der Waals surface area contributed by atoms with Gasteiger partial charge in [-0.15, -0.1) is 30.6 Å². The normalized spacial score (nSPS) is 16.9. The van der Waals surface area contributed by atoms with Crippen molar-refractivity contribution in [2.75, 3.05) is 26.2 Å². The van der Waals surface area contributed by atoms with Gasteiger partial charge >= 0.3 is 0 Å². The fraction of sp³-hybridized carbons (Fsp3) is 0.667. The molecule has 104 valence electrons. The van der Waals surface area contributed by atoms with Gasteiger partial charge in [0.1, 0.15) is 0 Å². The predicted octanol–water partition coefficient (Wildman–Crippen LogP) is 0.953. The summed E-state index contributed by atoms with van der Waals surface area (Å²) in [6, 6.07) is 0. The number of likely N-dealkylation sites (tertiary alicyclic amines) is 1. The molecule has 1 heterocycles. The first-order valence-electron chi connectivity index (χ1n) is 6.03. The molecule has 6 heteroatoms. The number of piperidine rings is 1. The van der Waals surface area contributed by atoms with Gasteiger partial charge < -0.3 is 16.0 Å². The van der Waals surface area contributed by atoms with E-state index in [0.29, 0.717) is 18.4 Å². The number of rotatable bonds is 4. The molecule has 1 aliphatic heterocycles. The molecule has 0 bridgehead atoms. The number of carbonyl (C=O) groups is 1. The van der Waals surface area contributed by atoms with Crippen LogP contribution >= 0.6 is 24.0 Å². The molecule has 1 saturated heterocycles. The number of hydrogen-bond acceptors (Lipinski definition) is 2. The molecule has 5 nitrogen and oxygen atoms in total. The van der Waals surface area contributed by atoms with E-state index in [2.05, 4.69) is 16.9 Å². The van der Waals surface area contributed by atoms with Crippen LogP contribution in [0.3, 0.4) is 0 Å². The molecule has 18 heavy (non-hydrogen) atoms. The van der Waals surface area contributed by atoms with Crippen LogP contribution in [0.15, 0.2) is 17.6 Å². The maximum atomic E-state index is 11.1. The maximum absolute atomic E-state index is 11.1. The molecule has 1 fully saturated rings. The number of amides is 1. The van der Waals surface area contributed by atoms with E-state index in [4.69, 9.17) is 5.73 Å². The average Bonchev–Trinajstić information content (AvgIpc) is 2.34. The van der Waals surface area contributed by atoms with Crippen molar-refractivity contribution in [2.24, 2.45) is 16.6 Å². The molecule has 0 radical (unpaired) electrons. The lowest BCUT2D eigenvalue weighted by Gasteiger charge is -2.30. The van der Waals surface area contributed by atoms with Gasteiger partial charge in [0.15, 0.2) is 5.96 Å². The minimum atomic E-state index is 0. The van der Waals surface area contributed by atoms with Crippen molar-refractivity contribution in [3.05, 3.63) is 12.7 Å². The molecular formula is C12H23IN4O. The van der Waals surface area contributed by atoms with Crippen molar-refractivity contribution in [3.8, 4) is 0 Å². The SMILES string of the molecule is C=CCNC(N)=NCC1CCN(C(C)=O)CC1.I. The van der Waals surface area contributed by atoms with E-state index in [0.717, 1.165) is 32.5 Å². The summed E-state index contributed by atoms with van der Waals surface area (Å²) in [5.41, 5.74) is 5.68. The first-order chi connectivity index (χ1) is 8.13.